The average molecular weight is 328 g/mol. The molecule has 1 aromatic carbocycles. The highest BCUT2D eigenvalue weighted by Crippen LogP contribution is 2.42. The van der Waals surface area contributed by atoms with Gasteiger partial charge in [0.25, 0.3) is 0 Å². The van der Waals surface area contributed by atoms with Crippen LogP contribution in [0.25, 0.3) is 0 Å². The lowest BCUT2D eigenvalue weighted by molar-refractivity contribution is 0.00578. The second-order valence-electron chi connectivity index (χ2n) is 8.64. The Morgan fingerprint density at radius 1 is 0.875 bits per heavy atom. The summed E-state index contributed by atoms with van der Waals surface area (Å²) in [5, 5.41) is 0. The molecule has 0 atom stereocenters. The summed E-state index contributed by atoms with van der Waals surface area (Å²) in [6.45, 7) is 10.3. The van der Waals surface area contributed by atoms with E-state index in [1.165, 1.54) is 29.4 Å². The maximum Gasteiger partial charge on any atom is 0.495 e. The van der Waals surface area contributed by atoms with Gasteiger partial charge in [0.1, 0.15) is 0 Å². The third-order valence-corrected chi connectivity index (χ3v) is 6.33. The maximum atomic E-state index is 6.36. The van der Waals surface area contributed by atoms with E-state index in [4.69, 9.17) is 14.0 Å². The Hall–Kier alpha value is -0.835. The first kappa shape index (κ1) is 16.6. The Labute approximate surface area is 146 Å². The van der Waals surface area contributed by atoms with Crippen molar-refractivity contribution in [2.45, 2.75) is 76.4 Å². The highest BCUT2D eigenvalue weighted by Gasteiger charge is 2.52. The quantitative estimate of drug-likeness (QED) is 0.791. The molecule has 3 fully saturated rings. The Balaban J connectivity index is 1.67. The molecule has 0 unspecified atom stereocenters. The Morgan fingerprint density at radius 2 is 1.50 bits per heavy atom. The molecule has 1 aromatic rings. The fraction of sp³-hybridized carbons (Fsp3) is 0.700. The van der Waals surface area contributed by atoms with Crippen molar-refractivity contribution in [1.29, 1.82) is 0 Å². The molecule has 3 aliphatic rings. The van der Waals surface area contributed by atoms with Gasteiger partial charge >= 0.3 is 7.12 Å². The summed E-state index contributed by atoms with van der Waals surface area (Å²) in [6.07, 6.45) is 4.82. The van der Waals surface area contributed by atoms with Crippen LogP contribution in [0.5, 0.6) is 0 Å². The van der Waals surface area contributed by atoms with Gasteiger partial charge in [-0.2, -0.15) is 0 Å². The lowest BCUT2D eigenvalue weighted by atomic mass is 9.72. The van der Waals surface area contributed by atoms with Gasteiger partial charge < -0.3 is 14.0 Å². The molecule has 1 saturated carbocycles. The molecule has 0 aromatic heterocycles. The van der Waals surface area contributed by atoms with E-state index in [0.29, 0.717) is 11.8 Å². The third kappa shape index (κ3) is 2.93. The molecule has 2 aliphatic heterocycles. The first-order chi connectivity index (χ1) is 11.4. The molecule has 2 saturated heterocycles. The molecule has 24 heavy (non-hydrogen) atoms. The second kappa shape index (κ2) is 5.86. The van der Waals surface area contributed by atoms with Gasteiger partial charge in [-0.05, 0) is 81.8 Å². The van der Waals surface area contributed by atoms with Gasteiger partial charge in [-0.1, -0.05) is 18.2 Å². The van der Waals surface area contributed by atoms with Crippen LogP contribution in [0.3, 0.4) is 0 Å². The van der Waals surface area contributed by atoms with Crippen LogP contribution in [0.4, 0.5) is 0 Å². The summed E-state index contributed by atoms with van der Waals surface area (Å²) in [5.74, 6) is 1.30. The topological polar surface area (TPSA) is 27.7 Å². The molecule has 0 radical (unpaired) electrons. The van der Waals surface area contributed by atoms with Crippen molar-refractivity contribution in [3.8, 4) is 0 Å². The van der Waals surface area contributed by atoms with E-state index >= 15 is 0 Å². The van der Waals surface area contributed by atoms with Gasteiger partial charge in [-0.15, -0.1) is 0 Å². The van der Waals surface area contributed by atoms with Crippen molar-refractivity contribution in [1.82, 2.24) is 0 Å². The lowest BCUT2D eigenvalue weighted by Crippen LogP contribution is -2.41. The van der Waals surface area contributed by atoms with Gasteiger partial charge in [0.05, 0.1) is 11.2 Å². The molecular weight excluding hydrogens is 299 g/mol. The summed E-state index contributed by atoms with van der Waals surface area (Å²) in [7, 11) is -0.245. The van der Waals surface area contributed by atoms with Crippen LogP contribution >= 0.6 is 0 Å². The summed E-state index contributed by atoms with van der Waals surface area (Å²) in [6, 6.07) is 7.03. The van der Waals surface area contributed by atoms with E-state index in [-0.39, 0.29) is 18.3 Å². The van der Waals surface area contributed by atoms with Crippen LogP contribution in [-0.4, -0.2) is 31.5 Å². The summed E-state index contributed by atoms with van der Waals surface area (Å²) < 4.78 is 18.3. The molecule has 0 spiro atoms. The Morgan fingerprint density at radius 3 is 2.08 bits per heavy atom. The molecule has 0 N–H and O–H groups in total. The van der Waals surface area contributed by atoms with Crippen LogP contribution in [0.2, 0.25) is 0 Å². The van der Waals surface area contributed by atoms with Gasteiger partial charge in [0, 0.05) is 13.2 Å². The summed E-state index contributed by atoms with van der Waals surface area (Å²) in [5.41, 5.74) is 3.55. The van der Waals surface area contributed by atoms with Crippen molar-refractivity contribution in [2.24, 2.45) is 0 Å². The smallest absolute Gasteiger partial charge is 0.399 e. The third-order valence-electron chi connectivity index (χ3n) is 6.33. The van der Waals surface area contributed by atoms with E-state index in [1.807, 2.05) is 0 Å². The predicted molar refractivity (Wildman–Crippen MR) is 96.9 cm³/mol. The van der Waals surface area contributed by atoms with Crippen LogP contribution in [0, 0.1) is 0 Å². The monoisotopic (exact) mass is 328 g/mol. The zero-order valence-corrected chi connectivity index (χ0v) is 15.4. The molecule has 2 heterocycles. The van der Waals surface area contributed by atoms with E-state index in [2.05, 4.69) is 45.9 Å². The summed E-state index contributed by atoms with van der Waals surface area (Å²) in [4.78, 5) is 0. The van der Waals surface area contributed by atoms with Crippen molar-refractivity contribution < 1.29 is 14.0 Å². The SMILES string of the molecule is CC1(C)OB(c2cc(C3CCOCC3)ccc2C2CC2)OC1(C)C. The first-order valence-electron chi connectivity index (χ1n) is 9.44. The van der Waals surface area contributed by atoms with E-state index < -0.39 is 0 Å². The van der Waals surface area contributed by atoms with Gasteiger partial charge in [-0.25, -0.2) is 0 Å². The normalized spacial score (nSPS) is 26.8. The molecular formula is C20H29BO3. The molecule has 1 aliphatic carbocycles. The van der Waals surface area contributed by atoms with E-state index in [9.17, 15) is 0 Å². The molecule has 4 heteroatoms. The average Bonchev–Trinajstić information content (AvgIpc) is 3.35. The minimum absolute atomic E-state index is 0.245. The standard InChI is InChI=1S/C20H29BO3/c1-19(2)20(3,4)24-21(23-19)18-13-16(14-9-11-22-12-10-14)7-8-17(18)15-5-6-15/h7-8,13-15H,5-6,9-12H2,1-4H3. The Bertz CT molecular complexity index is 599. The van der Waals surface area contributed by atoms with Crippen molar-refractivity contribution in [3.05, 3.63) is 29.3 Å². The van der Waals surface area contributed by atoms with Gasteiger partial charge in [-0.3, -0.25) is 0 Å². The number of hydrogen-bond donors (Lipinski definition) is 0. The molecule has 4 rings (SSSR count). The fourth-order valence-electron chi connectivity index (χ4n) is 3.82. The van der Waals surface area contributed by atoms with E-state index in [0.717, 1.165) is 26.1 Å². The predicted octanol–water partition coefficient (Wildman–Crippen LogP) is 3.76. The zero-order valence-electron chi connectivity index (χ0n) is 15.4. The maximum absolute atomic E-state index is 6.36. The number of ether oxygens (including phenoxy) is 1. The largest absolute Gasteiger partial charge is 0.495 e. The zero-order chi connectivity index (χ0) is 16.9. The number of benzene rings is 1. The second-order valence-corrected chi connectivity index (χ2v) is 8.64. The molecule has 0 bridgehead atoms. The molecule has 0 amide bonds. The number of hydrogen-bond acceptors (Lipinski definition) is 3. The van der Waals surface area contributed by atoms with Crippen LogP contribution < -0.4 is 5.46 Å². The van der Waals surface area contributed by atoms with Crippen LogP contribution in [-0.2, 0) is 14.0 Å². The minimum Gasteiger partial charge on any atom is -0.399 e. The highest BCUT2D eigenvalue weighted by atomic mass is 16.7. The van der Waals surface area contributed by atoms with Crippen molar-refractivity contribution in [3.63, 3.8) is 0 Å². The van der Waals surface area contributed by atoms with Crippen molar-refractivity contribution in [2.75, 3.05) is 13.2 Å². The molecule has 130 valence electrons. The van der Waals surface area contributed by atoms with Crippen LogP contribution in [0.1, 0.15) is 76.3 Å². The molecule has 3 nitrogen and oxygen atoms in total. The van der Waals surface area contributed by atoms with Gasteiger partial charge in [0.2, 0.25) is 0 Å². The van der Waals surface area contributed by atoms with Gasteiger partial charge in [0.15, 0.2) is 0 Å². The fourth-order valence-corrected chi connectivity index (χ4v) is 3.82. The minimum atomic E-state index is -0.285. The number of rotatable bonds is 3. The van der Waals surface area contributed by atoms with Crippen LogP contribution in [0.15, 0.2) is 18.2 Å². The summed E-state index contributed by atoms with van der Waals surface area (Å²) >= 11 is 0. The Kier molecular flexibility index (Phi) is 4.06. The van der Waals surface area contributed by atoms with E-state index in [1.54, 1.807) is 0 Å². The lowest BCUT2D eigenvalue weighted by Gasteiger charge is -2.32. The highest BCUT2D eigenvalue weighted by molar-refractivity contribution is 6.62. The first-order valence-corrected chi connectivity index (χ1v) is 9.44. The van der Waals surface area contributed by atoms with Crippen molar-refractivity contribution >= 4 is 12.6 Å².